The Morgan fingerprint density at radius 1 is 0.974 bits per heavy atom. The highest BCUT2D eigenvalue weighted by Crippen LogP contribution is 2.48. The number of allylic oxidation sites excluding steroid dienone is 3. The summed E-state index contributed by atoms with van der Waals surface area (Å²) in [7, 11) is 4.77. The molecule has 39 heavy (non-hydrogen) atoms. The minimum Gasteiger partial charge on any atom is -0.496 e. The van der Waals surface area contributed by atoms with Gasteiger partial charge in [-0.1, -0.05) is 22.0 Å². The van der Waals surface area contributed by atoms with Crippen molar-refractivity contribution in [3.63, 3.8) is 0 Å². The van der Waals surface area contributed by atoms with E-state index in [0.717, 1.165) is 21.3 Å². The van der Waals surface area contributed by atoms with Gasteiger partial charge in [0.05, 0.1) is 39.4 Å². The summed E-state index contributed by atoms with van der Waals surface area (Å²) < 4.78 is 28.3. The van der Waals surface area contributed by atoms with Gasteiger partial charge in [0.25, 0.3) is 0 Å². The molecule has 2 aromatic rings. The fourth-order valence-corrected chi connectivity index (χ4v) is 5.69. The highest BCUT2D eigenvalue weighted by Gasteiger charge is 2.42. The van der Waals surface area contributed by atoms with Crippen molar-refractivity contribution in [1.82, 2.24) is 5.32 Å². The Kier molecular flexibility index (Phi) is 9.35. The summed E-state index contributed by atoms with van der Waals surface area (Å²) in [4.78, 5) is 27.4. The second-order valence-electron chi connectivity index (χ2n) is 9.35. The predicted molar refractivity (Wildman–Crippen MR) is 150 cm³/mol. The van der Waals surface area contributed by atoms with E-state index in [0.29, 0.717) is 53.7 Å². The number of hydrogen-bond acceptors (Lipinski definition) is 8. The van der Waals surface area contributed by atoms with Crippen LogP contribution < -0.4 is 19.5 Å². The topological polar surface area (TPSA) is 92.3 Å². The van der Waals surface area contributed by atoms with Gasteiger partial charge in [-0.3, -0.25) is 4.79 Å². The molecular weight excluding hydrogens is 566 g/mol. The Morgan fingerprint density at radius 2 is 1.69 bits per heavy atom. The van der Waals surface area contributed by atoms with Crippen LogP contribution in [0.5, 0.6) is 17.2 Å². The molecule has 0 bridgehead atoms. The molecule has 2 aliphatic rings. The second kappa shape index (κ2) is 12.7. The van der Waals surface area contributed by atoms with Crippen LogP contribution in [-0.2, 0) is 19.1 Å². The van der Waals surface area contributed by atoms with E-state index in [1.807, 2.05) is 50.2 Å². The molecule has 0 unspecified atom stereocenters. The lowest BCUT2D eigenvalue weighted by atomic mass is 9.71. The van der Waals surface area contributed by atoms with Gasteiger partial charge in [-0.2, -0.15) is 0 Å². The third kappa shape index (κ3) is 5.99. The van der Waals surface area contributed by atoms with E-state index < -0.39 is 11.9 Å². The summed E-state index contributed by atoms with van der Waals surface area (Å²) in [5.74, 6) is 0.583. The number of nitrogens with one attached hydrogen (secondary N) is 1. The van der Waals surface area contributed by atoms with Gasteiger partial charge in [-0.05, 0) is 62.1 Å². The molecule has 2 aromatic carbocycles. The Bertz CT molecular complexity index is 1320. The van der Waals surface area contributed by atoms with Gasteiger partial charge in [0.1, 0.15) is 12.4 Å². The van der Waals surface area contributed by atoms with Crippen LogP contribution in [0.3, 0.4) is 0 Å². The standard InChI is InChI=1S/C30H34BrNO7/c1-6-38-11-12-39-30(34)27-17(2)32-22-13-19(18-7-9-25(36-4)26(15-18)37-5)14-23(33)29(22)28(27)21-16-20(31)8-10-24(21)35-3/h7-10,15-16,19,28,32H,6,11-14H2,1-5H3/t19-,28-/m0/s1. The van der Waals surface area contributed by atoms with Gasteiger partial charge in [-0.15, -0.1) is 0 Å². The number of ether oxygens (including phenoxy) is 5. The van der Waals surface area contributed by atoms with Crippen LogP contribution in [0.1, 0.15) is 49.7 Å². The molecule has 0 amide bonds. The average Bonchev–Trinajstić information content (AvgIpc) is 2.93. The van der Waals surface area contributed by atoms with Crippen molar-refractivity contribution >= 4 is 27.7 Å². The Labute approximate surface area is 237 Å². The monoisotopic (exact) mass is 599 g/mol. The van der Waals surface area contributed by atoms with Crippen molar-refractivity contribution in [3.05, 3.63) is 74.5 Å². The molecule has 0 saturated heterocycles. The normalized spacial score (nSPS) is 18.9. The maximum Gasteiger partial charge on any atom is 0.336 e. The number of carbonyl (C=O) groups excluding carboxylic acids is 2. The van der Waals surface area contributed by atoms with Gasteiger partial charge in [0.2, 0.25) is 0 Å². The number of halogens is 1. The number of rotatable bonds is 10. The number of benzene rings is 2. The minimum atomic E-state index is -0.646. The van der Waals surface area contributed by atoms with E-state index in [-0.39, 0.29) is 24.7 Å². The lowest BCUT2D eigenvalue weighted by molar-refractivity contribution is -0.140. The van der Waals surface area contributed by atoms with Crippen LogP contribution >= 0.6 is 15.9 Å². The smallest absolute Gasteiger partial charge is 0.336 e. The van der Waals surface area contributed by atoms with Gasteiger partial charge < -0.3 is 29.0 Å². The van der Waals surface area contributed by atoms with Crippen LogP contribution in [0, 0.1) is 0 Å². The van der Waals surface area contributed by atoms with E-state index in [1.165, 1.54) is 0 Å². The van der Waals surface area contributed by atoms with E-state index >= 15 is 0 Å². The van der Waals surface area contributed by atoms with Crippen molar-refractivity contribution < 1.29 is 33.3 Å². The van der Waals surface area contributed by atoms with Crippen LogP contribution in [0.4, 0.5) is 0 Å². The third-order valence-corrected chi connectivity index (χ3v) is 7.59. The first-order chi connectivity index (χ1) is 18.8. The zero-order valence-corrected chi connectivity index (χ0v) is 24.5. The zero-order valence-electron chi connectivity index (χ0n) is 22.9. The van der Waals surface area contributed by atoms with Crippen LogP contribution in [0.2, 0.25) is 0 Å². The van der Waals surface area contributed by atoms with E-state index in [9.17, 15) is 9.59 Å². The molecule has 0 spiro atoms. The number of methoxy groups -OCH3 is 3. The molecule has 8 nitrogen and oxygen atoms in total. The Hall–Kier alpha value is -3.30. The maximum atomic E-state index is 13.9. The SMILES string of the molecule is CCOCCOC(=O)C1=C(C)NC2=C(C(=O)C[C@@H](c3ccc(OC)c(OC)c3)C2)[C@H]1c1cc(Br)ccc1OC. The molecule has 1 N–H and O–H groups in total. The molecular formula is C30H34BrNO7. The highest BCUT2D eigenvalue weighted by molar-refractivity contribution is 9.10. The molecule has 0 radical (unpaired) electrons. The number of carbonyl (C=O) groups is 2. The number of dihydropyridines is 1. The zero-order chi connectivity index (χ0) is 28.1. The fourth-order valence-electron chi connectivity index (χ4n) is 5.31. The maximum absolute atomic E-state index is 13.9. The average molecular weight is 601 g/mol. The van der Waals surface area contributed by atoms with Gasteiger partial charge in [0, 0.05) is 40.0 Å². The summed E-state index contributed by atoms with van der Waals surface area (Å²) in [6.45, 7) is 4.67. The van der Waals surface area contributed by atoms with Crippen LogP contribution in [-0.4, -0.2) is 52.9 Å². The molecule has 1 aliphatic carbocycles. The fraction of sp³-hybridized carbons (Fsp3) is 0.400. The molecule has 2 atom stereocenters. The quantitative estimate of drug-likeness (QED) is 0.286. The molecule has 4 rings (SSSR count). The summed E-state index contributed by atoms with van der Waals surface area (Å²) in [5.41, 5.74) is 4.08. The van der Waals surface area contributed by atoms with Crippen LogP contribution in [0.25, 0.3) is 0 Å². The van der Waals surface area contributed by atoms with Crippen molar-refractivity contribution in [2.24, 2.45) is 0 Å². The highest BCUT2D eigenvalue weighted by atomic mass is 79.9. The molecule has 208 valence electrons. The van der Waals surface area contributed by atoms with Gasteiger partial charge in [0.15, 0.2) is 17.3 Å². The third-order valence-electron chi connectivity index (χ3n) is 7.09. The van der Waals surface area contributed by atoms with Gasteiger partial charge >= 0.3 is 5.97 Å². The number of hydrogen-bond donors (Lipinski definition) is 1. The lowest BCUT2D eigenvalue weighted by Gasteiger charge is -2.37. The molecule has 1 aliphatic heterocycles. The molecule has 0 saturated carbocycles. The molecule has 0 fully saturated rings. The van der Waals surface area contributed by atoms with E-state index in [4.69, 9.17) is 23.7 Å². The van der Waals surface area contributed by atoms with Crippen LogP contribution in [0.15, 0.2) is 63.4 Å². The van der Waals surface area contributed by atoms with Crippen molar-refractivity contribution in [2.75, 3.05) is 41.2 Å². The largest absolute Gasteiger partial charge is 0.496 e. The van der Waals surface area contributed by atoms with Crippen molar-refractivity contribution in [3.8, 4) is 17.2 Å². The number of esters is 1. The van der Waals surface area contributed by atoms with Crippen molar-refractivity contribution in [1.29, 1.82) is 0 Å². The van der Waals surface area contributed by atoms with E-state index in [2.05, 4.69) is 21.2 Å². The summed E-state index contributed by atoms with van der Waals surface area (Å²) in [5, 5.41) is 3.38. The minimum absolute atomic E-state index is 0.0392. The van der Waals surface area contributed by atoms with E-state index in [1.54, 1.807) is 21.3 Å². The second-order valence-corrected chi connectivity index (χ2v) is 10.3. The molecule has 9 heteroatoms. The first kappa shape index (κ1) is 28.7. The summed E-state index contributed by atoms with van der Waals surface area (Å²) in [6, 6.07) is 11.3. The number of Topliss-reactive ketones (excluding diaryl/α,β-unsaturated/α-hetero) is 1. The molecule has 0 aromatic heterocycles. The molecule has 1 heterocycles. The predicted octanol–water partition coefficient (Wildman–Crippen LogP) is 5.42. The summed E-state index contributed by atoms with van der Waals surface area (Å²) >= 11 is 3.55. The van der Waals surface area contributed by atoms with Gasteiger partial charge in [-0.25, -0.2) is 4.79 Å². The number of ketones is 1. The lowest BCUT2D eigenvalue weighted by Crippen LogP contribution is -2.36. The first-order valence-electron chi connectivity index (χ1n) is 12.9. The first-order valence-corrected chi connectivity index (χ1v) is 13.7. The Morgan fingerprint density at radius 3 is 2.38 bits per heavy atom. The Balaban J connectivity index is 1.77. The summed E-state index contributed by atoms with van der Waals surface area (Å²) in [6.07, 6.45) is 0.877. The van der Waals surface area contributed by atoms with Crippen molar-refractivity contribution in [2.45, 2.75) is 38.5 Å².